The molecule has 3 aromatic carbocycles. The molecule has 5 heteroatoms. The summed E-state index contributed by atoms with van der Waals surface area (Å²) in [4.78, 5) is 16.7. The number of anilines is 1. The average Bonchev–Trinajstić information content (AvgIpc) is 3.29. The summed E-state index contributed by atoms with van der Waals surface area (Å²) in [5, 5.41) is 2.95. The predicted molar refractivity (Wildman–Crippen MR) is 114 cm³/mol. The van der Waals surface area contributed by atoms with Crippen molar-refractivity contribution in [2.75, 3.05) is 11.9 Å². The quantitative estimate of drug-likeness (QED) is 0.495. The van der Waals surface area contributed by atoms with E-state index in [1.54, 1.807) is 12.5 Å². The van der Waals surface area contributed by atoms with Crippen LogP contribution in [0.5, 0.6) is 5.75 Å². The van der Waals surface area contributed by atoms with Crippen LogP contribution in [0.3, 0.4) is 0 Å². The summed E-state index contributed by atoms with van der Waals surface area (Å²) in [5.74, 6) is 0.470. The topological polar surface area (TPSA) is 56.1 Å². The average molecular weight is 383 g/mol. The number of hydrogen-bond acceptors (Lipinski definition) is 3. The van der Waals surface area contributed by atoms with Crippen molar-refractivity contribution in [3.8, 4) is 16.9 Å². The SMILES string of the molecule is O=C(Nc1ccccc1OCCn1ccnc1)c1ccc(-c2ccccc2)cc1. The standard InChI is InChI=1S/C24H21N3O2/c28-24(21-12-10-20(11-13-21)19-6-2-1-3-7-19)26-22-8-4-5-9-23(22)29-17-16-27-15-14-25-18-27/h1-15,18H,16-17H2,(H,26,28). The van der Waals surface area contributed by atoms with Gasteiger partial charge in [-0.1, -0.05) is 54.6 Å². The number of rotatable bonds is 7. The molecule has 0 fully saturated rings. The van der Waals surface area contributed by atoms with Gasteiger partial charge < -0.3 is 14.6 Å². The number of imidazole rings is 1. The van der Waals surface area contributed by atoms with Crippen LogP contribution in [0.2, 0.25) is 0 Å². The summed E-state index contributed by atoms with van der Waals surface area (Å²) in [5.41, 5.74) is 3.44. The zero-order valence-corrected chi connectivity index (χ0v) is 15.9. The molecular weight excluding hydrogens is 362 g/mol. The Morgan fingerprint density at radius 3 is 2.38 bits per heavy atom. The van der Waals surface area contributed by atoms with Gasteiger partial charge in [0.25, 0.3) is 5.91 Å². The van der Waals surface area contributed by atoms with E-state index in [4.69, 9.17) is 4.74 Å². The summed E-state index contributed by atoms with van der Waals surface area (Å²) in [6, 6.07) is 25.1. The number of benzene rings is 3. The number of nitrogens with zero attached hydrogens (tertiary/aromatic N) is 2. The van der Waals surface area contributed by atoms with Gasteiger partial charge in [-0.05, 0) is 35.4 Å². The highest BCUT2D eigenvalue weighted by molar-refractivity contribution is 6.05. The molecule has 1 amide bonds. The first-order chi connectivity index (χ1) is 14.3. The van der Waals surface area contributed by atoms with Gasteiger partial charge in [0.1, 0.15) is 12.4 Å². The Kier molecular flexibility index (Phi) is 5.67. The molecule has 1 N–H and O–H groups in total. The second kappa shape index (κ2) is 8.89. The van der Waals surface area contributed by atoms with Crippen LogP contribution in [-0.4, -0.2) is 22.1 Å². The van der Waals surface area contributed by atoms with Crippen LogP contribution in [0.25, 0.3) is 11.1 Å². The molecular formula is C24H21N3O2. The van der Waals surface area contributed by atoms with E-state index >= 15 is 0 Å². The number of carbonyl (C=O) groups excluding carboxylic acids is 1. The zero-order chi connectivity index (χ0) is 19.9. The highest BCUT2D eigenvalue weighted by Crippen LogP contribution is 2.25. The third-order valence-electron chi connectivity index (χ3n) is 4.56. The molecule has 5 nitrogen and oxygen atoms in total. The van der Waals surface area contributed by atoms with Gasteiger partial charge in [0.05, 0.1) is 18.6 Å². The van der Waals surface area contributed by atoms with Crippen LogP contribution in [-0.2, 0) is 6.54 Å². The molecule has 1 aromatic heterocycles. The number of carbonyl (C=O) groups is 1. The molecule has 0 aliphatic rings. The Balaban J connectivity index is 1.41. The van der Waals surface area contributed by atoms with E-state index < -0.39 is 0 Å². The lowest BCUT2D eigenvalue weighted by molar-refractivity contribution is 0.102. The van der Waals surface area contributed by atoms with Crippen LogP contribution in [0, 0.1) is 0 Å². The van der Waals surface area contributed by atoms with Gasteiger partial charge in [-0.2, -0.15) is 0 Å². The molecule has 1 heterocycles. The molecule has 0 unspecified atom stereocenters. The first-order valence-electron chi connectivity index (χ1n) is 9.44. The summed E-state index contributed by atoms with van der Waals surface area (Å²) >= 11 is 0. The number of hydrogen-bond donors (Lipinski definition) is 1. The van der Waals surface area contributed by atoms with Crippen LogP contribution >= 0.6 is 0 Å². The summed E-state index contributed by atoms with van der Waals surface area (Å²) in [7, 11) is 0. The minimum atomic E-state index is -0.171. The molecule has 0 atom stereocenters. The molecule has 29 heavy (non-hydrogen) atoms. The Labute approximate surface area is 169 Å². The zero-order valence-electron chi connectivity index (χ0n) is 15.9. The number of aromatic nitrogens is 2. The number of amides is 1. The molecule has 0 saturated carbocycles. The molecule has 0 radical (unpaired) electrons. The Hall–Kier alpha value is -3.86. The van der Waals surface area contributed by atoms with Gasteiger partial charge in [-0.25, -0.2) is 4.98 Å². The monoisotopic (exact) mass is 383 g/mol. The molecule has 144 valence electrons. The van der Waals surface area contributed by atoms with Crippen molar-refractivity contribution in [1.29, 1.82) is 0 Å². The maximum Gasteiger partial charge on any atom is 0.255 e. The minimum absolute atomic E-state index is 0.171. The van der Waals surface area contributed by atoms with Crippen molar-refractivity contribution in [2.24, 2.45) is 0 Å². The molecule has 0 aliphatic heterocycles. The Morgan fingerprint density at radius 2 is 1.62 bits per heavy atom. The largest absolute Gasteiger partial charge is 0.490 e. The van der Waals surface area contributed by atoms with Crippen molar-refractivity contribution in [3.05, 3.63) is 103 Å². The predicted octanol–water partition coefficient (Wildman–Crippen LogP) is 4.88. The van der Waals surface area contributed by atoms with Crippen LogP contribution in [0.1, 0.15) is 10.4 Å². The fourth-order valence-electron chi connectivity index (χ4n) is 3.01. The summed E-state index contributed by atoms with van der Waals surface area (Å²) < 4.78 is 7.80. The highest BCUT2D eigenvalue weighted by Gasteiger charge is 2.10. The van der Waals surface area contributed by atoms with E-state index in [9.17, 15) is 4.79 Å². The van der Waals surface area contributed by atoms with Crippen LogP contribution in [0.15, 0.2) is 97.6 Å². The Bertz CT molecular complexity index is 1060. The second-order valence-electron chi connectivity index (χ2n) is 6.54. The van der Waals surface area contributed by atoms with E-state index in [0.29, 0.717) is 30.2 Å². The highest BCUT2D eigenvalue weighted by atomic mass is 16.5. The lowest BCUT2D eigenvalue weighted by Crippen LogP contribution is -2.14. The first kappa shape index (κ1) is 18.5. The number of ether oxygens (including phenoxy) is 1. The maximum absolute atomic E-state index is 12.7. The van der Waals surface area contributed by atoms with Crippen molar-refractivity contribution in [2.45, 2.75) is 6.54 Å². The molecule has 0 aliphatic carbocycles. The molecule has 4 rings (SSSR count). The molecule has 0 bridgehead atoms. The van der Waals surface area contributed by atoms with Crippen LogP contribution < -0.4 is 10.1 Å². The van der Waals surface area contributed by atoms with E-state index in [0.717, 1.165) is 11.1 Å². The van der Waals surface area contributed by atoms with E-state index in [1.165, 1.54) is 0 Å². The van der Waals surface area contributed by atoms with Crippen LogP contribution in [0.4, 0.5) is 5.69 Å². The molecule has 0 spiro atoms. The van der Waals surface area contributed by atoms with Gasteiger partial charge in [0, 0.05) is 18.0 Å². The van der Waals surface area contributed by atoms with Gasteiger partial charge >= 0.3 is 0 Å². The minimum Gasteiger partial charge on any atom is -0.490 e. The maximum atomic E-state index is 12.7. The van der Waals surface area contributed by atoms with Crippen molar-refractivity contribution in [3.63, 3.8) is 0 Å². The third-order valence-corrected chi connectivity index (χ3v) is 4.56. The third kappa shape index (κ3) is 4.71. The van der Waals surface area contributed by atoms with E-state index in [-0.39, 0.29) is 5.91 Å². The molecule has 4 aromatic rings. The first-order valence-corrected chi connectivity index (χ1v) is 9.44. The summed E-state index contributed by atoms with van der Waals surface area (Å²) in [6.07, 6.45) is 5.36. The van der Waals surface area contributed by atoms with E-state index in [2.05, 4.69) is 10.3 Å². The van der Waals surface area contributed by atoms with Gasteiger partial charge in [0.2, 0.25) is 0 Å². The van der Waals surface area contributed by atoms with Crippen molar-refractivity contribution < 1.29 is 9.53 Å². The molecule has 0 saturated heterocycles. The normalized spacial score (nSPS) is 10.5. The van der Waals surface area contributed by atoms with Crippen molar-refractivity contribution in [1.82, 2.24) is 9.55 Å². The van der Waals surface area contributed by atoms with Gasteiger partial charge in [-0.15, -0.1) is 0 Å². The van der Waals surface area contributed by atoms with Gasteiger partial charge in [-0.3, -0.25) is 4.79 Å². The fraction of sp³-hybridized carbons (Fsp3) is 0.0833. The fourth-order valence-corrected chi connectivity index (χ4v) is 3.01. The number of para-hydroxylation sites is 2. The van der Waals surface area contributed by atoms with Gasteiger partial charge in [0.15, 0.2) is 0 Å². The summed E-state index contributed by atoms with van der Waals surface area (Å²) in [6.45, 7) is 1.16. The smallest absolute Gasteiger partial charge is 0.255 e. The lowest BCUT2D eigenvalue weighted by Gasteiger charge is -2.13. The van der Waals surface area contributed by atoms with Crippen molar-refractivity contribution >= 4 is 11.6 Å². The Morgan fingerprint density at radius 1 is 0.897 bits per heavy atom. The van der Waals surface area contributed by atoms with E-state index in [1.807, 2.05) is 89.6 Å². The second-order valence-corrected chi connectivity index (χ2v) is 6.54. The lowest BCUT2D eigenvalue weighted by atomic mass is 10.0. The number of nitrogens with one attached hydrogen (secondary N) is 1.